The Kier molecular flexibility index (Phi) is 4.02. The van der Waals surface area contributed by atoms with E-state index in [2.05, 4.69) is 17.9 Å². The molecule has 1 aromatic carbocycles. The summed E-state index contributed by atoms with van der Waals surface area (Å²) < 4.78 is 11.4. The molecule has 0 spiro atoms. The number of nitrogens with one attached hydrogen (secondary N) is 1. The van der Waals surface area contributed by atoms with Crippen molar-refractivity contribution in [1.82, 2.24) is 0 Å². The van der Waals surface area contributed by atoms with Gasteiger partial charge in [-0.3, -0.25) is 0 Å². The van der Waals surface area contributed by atoms with Crippen LogP contribution in [0.1, 0.15) is 35.1 Å². The molecule has 3 aliphatic rings. The van der Waals surface area contributed by atoms with E-state index in [0.717, 1.165) is 87.3 Å². The highest BCUT2D eigenvalue weighted by atomic mass is 16.5. The van der Waals surface area contributed by atoms with Gasteiger partial charge in [0.25, 0.3) is 0 Å². The van der Waals surface area contributed by atoms with Crippen LogP contribution in [0.2, 0.25) is 0 Å². The zero-order valence-corrected chi connectivity index (χ0v) is 15.5. The molecule has 0 amide bonds. The SMILES string of the molecule is Cc1c(C[NH+]2CCOCC2)c(=O)oc2c3c4c(cc12)CCCN4CCC3. The maximum atomic E-state index is 12.8. The Morgan fingerprint density at radius 3 is 2.73 bits per heavy atom. The summed E-state index contributed by atoms with van der Waals surface area (Å²) in [6.45, 7) is 8.59. The molecule has 2 aromatic rings. The summed E-state index contributed by atoms with van der Waals surface area (Å²) in [6.07, 6.45) is 4.52. The molecule has 26 heavy (non-hydrogen) atoms. The molecule has 0 saturated carbocycles. The van der Waals surface area contributed by atoms with E-state index < -0.39 is 0 Å². The van der Waals surface area contributed by atoms with Crippen LogP contribution in [0.25, 0.3) is 11.0 Å². The van der Waals surface area contributed by atoms with Crippen molar-refractivity contribution >= 4 is 16.7 Å². The predicted molar refractivity (Wildman–Crippen MR) is 101 cm³/mol. The van der Waals surface area contributed by atoms with Crippen molar-refractivity contribution in [2.24, 2.45) is 0 Å². The first-order valence-corrected chi connectivity index (χ1v) is 9.99. The molecule has 0 unspecified atom stereocenters. The summed E-state index contributed by atoms with van der Waals surface area (Å²) in [6, 6.07) is 2.31. The fourth-order valence-corrected chi connectivity index (χ4v) is 4.99. The first-order chi connectivity index (χ1) is 12.7. The van der Waals surface area contributed by atoms with Crippen molar-refractivity contribution in [3.8, 4) is 0 Å². The summed E-state index contributed by atoms with van der Waals surface area (Å²) in [5, 5.41) is 1.16. The van der Waals surface area contributed by atoms with Crippen molar-refractivity contribution in [2.45, 2.75) is 39.2 Å². The number of nitrogens with zero attached hydrogens (tertiary/aromatic N) is 1. The van der Waals surface area contributed by atoms with Crippen LogP contribution in [-0.4, -0.2) is 39.4 Å². The van der Waals surface area contributed by atoms with Crippen molar-refractivity contribution in [1.29, 1.82) is 0 Å². The second kappa shape index (κ2) is 6.39. The number of quaternary nitrogens is 1. The standard InChI is InChI=1S/C21H26N2O3/c1-14-17-12-15-4-2-6-23-7-3-5-16(19(15)23)20(17)26-21(24)18(14)13-22-8-10-25-11-9-22/h12H,2-11,13H2,1H3/p+1. The van der Waals surface area contributed by atoms with E-state index in [1.165, 1.54) is 28.1 Å². The molecule has 0 radical (unpaired) electrons. The lowest BCUT2D eigenvalue weighted by Crippen LogP contribution is -3.13. The Balaban J connectivity index is 1.66. The van der Waals surface area contributed by atoms with Crippen LogP contribution in [-0.2, 0) is 24.1 Å². The molecule has 3 aliphatic heterocycles. The van der Waals surface area contributed by atoms with E-state index in [0.29, 0.717) is 0 Å². The molecule has 0 atom stereocenters. The fourth-order valence-electron chi connectivity index (χ4n) is 4.99. The zero-order chi connectivity index (χ0) is 17.7. The third-order valence-corrected chi connectivity index (χ3v) is 6.40. The monoisotopic (exact) mass is 355 g/mol. The normalized spacial score (nSPS) is 20.4. The molecule has 1 fully saturated rings. The van der Waals surface area contributed by atoms with Crippen LogP contribution in [0.4, 0.5) is 5.69 Å². The first kappa shape index (κ1) is 16.3. The predicted octanol–water partition coefficient (Wildman–Crippen LogP) is 1.22. The van der Waals surface area contributed by atoms with E-state index in [9.17, 15) is 4.79 Å². The van der Waals surface area contributed by atoms with Crippen molar-refractivity contribution in [3.63, 3.8) is 0 Å². The molecular weight excluding hydrogens is 328 g/mol. The Bertz CT molecular complexity index is 910. The number of morpholine rings is 1. The third-order valence-electron chi connectivity index (χ3n) is 6.40. The van der Waals surface area contributed by atoms with Crippen molar-refractivity contribution < 1.29 is 14.1 Å². The average molecular weight is 355 g/mol. The van der Waals surface area contributed by atoms with E-state index in [-0.39, 0.29) is 5.63 Å². The van der Waals surface area contributed by atoms with Gasteiger partial charge in [-0.05, 0) is 49.8 Å². The van der Waals surface area contributed by atoms with Gasteiger partial charge in [0, 0.05) is 29.7 Å². The molecule has 5 nitrogen and oxygen atoms in total. The van der Waals surface area contributed by atoms with E-state index in [1.807, 2.05) is 0 Å². The quantitative estimate of drug-likeness (QED) is 0.823. The molecule has 0 aliphatic carbocycles. The van der Waals surface area contributed by atoms with Gasteiger partial charge in [-0.15, -0.1) is 0 Å². The van der Waals surface area contributed by atoms with Gasteiger partial charge in [-0.2, -0.15) is 0 Å². The summed E-state index contributed by atoms with van der Waals surface area (Å²) in [5.74, 6) is 0. The van der Waals surface area contributed by atoms with Gasteiger partial charge in [0.2, 0.25) is 0 Å². The van der Waals surface area contributed by atoms with Gasteiger partial charge in [0.05, 0.1) is 18.8 Å². The molecule has 138 valence electrons. The minimum absolute atomic E-state index is 0.141. The Morgan fingerprint density at radius 2 is 1.92 bits per heavy atom. The first-order valence-electron chi connectivity index (χ1n) is 9.99. The number of benzene rings is 1. The maximum Gasteiger partial charge on any atom is 0.345 e. The molecule has 1 saturated heterocycles. The van der Waals surface area contributed by atoms with Gasteiger partial charge in [0.15, 0.2) is 0 Å². The summed E-state index contributed by atoms with van der Waals surface area (Å²) in [7, 11) is 0. The lowest BCUT2D eigenvalue weighted by molar-refractivity contribution is -0.921. The van der Waals surface area contributed by atoms with Crippen LogP contribution in [0.5, 0.6) is 0 Å². The smallest absolute Gasteiger partial charge is 0.345 e. The van der Waals surface area contributed by atoms with Crippen LogP contribution >= 0.6 is 0 Å². The highest BCUT2D eigenvalue weighted by Gasteiger charge is 2.28. The molecule has 5 rings (SSSR count). The van der Waals surface area contributed by atoms with Crippen LogP contribution < -0.4 is 15.4 Å². The highest BCUT2D eigenvalue weighted by molar-refractivity contribution is 5.91. The minimum atomic E-state index is -0.141. The van der Waals surface area contributed by atoms with Crippen molar-refractivity contribution in [3.05, 3.63) is 38.7 Å². The van der Waals surface area contributed by atoms with Crippen LogP contribution in [0.3, 0.4) is 0 Å². The molecular formula is C21H27N2O3+. The molecule has 1 aromatic heterocycles. The summed E-state index contributed by atoms with van der Waals surface area (Å²) in [4.78, 5) is 16.8. The molecule has 4 heterocycles. The van der Waals surface area contributed by atoms with E-state index >= 15 is 0 Å². The van der Waals surface area contributed by atoms with Crippen LogP contribution in [0.15, 0.2) is 15.3 Å². The number of hydrogen-bond donors (Lipinski definition) is 1. The summed E-state index contributed by atoms with van der Waals surface area (Å²) >= 11 is 0. The number of anilines is 1. The average Bonchev–Trinajstić information content (AvgIpc) is 2.67. The van der Waals surface area contributed by atoms with Gasteiger partial charge in [-0.25, -0.2) is 4.79 Å². The fraction of sp³-hybridized carbons (Fsp3) is 0.571. The second-order valence-corrected chi connectivity index (χ2v) is 7.97. The van der Waals surface area contributed by atoms with E-state index in [4.69, 9.17) is 9.15 Å². The van der Waals surface area contributed by atoms with Gasteiger partial charge >= 0.3 is 5.63 Å². The van der Waals surface area contributed by atoms with Gasteiger partial charge in [-0.1, -0.05) is 0 Å². The molecule has 0 bridgehead atoms. The van der Waals surface area contributed by atoms with Gasteiger partial charge < -0.3 is 19.0 Å². The lowest BCUT2D eigenvalue weighted by atomic mass is 9.88. The molecule has 1 N–H and O–H groups in total. The maximum absolute atomic E-state index is 12.8. The topological polar surface area (TPSA) is 47.1 Å². The number of rotatable bonds is 2. The number of ether oxygens (including phenoxy) is 1. The Labute approximate surface area is 153 Å². The summed E-state index contributed by atoms with van der Waals surface area (Å²) in [5.41, 5.74) is 6.76. The minimum Gasteiger partial charge on any atom is -0.422 e. The lowest BCUT2D eigenvalue weighted by Gasteiger charge is -2.37. The van der Waals surface area contributed by atoms with E-state index in [1.54, 1.807) is 0 Å². The third kappa shape index (κ3) is 2.57. The molecule has 5 heteroatoms. The number of fused-ring (bicyclic) bond motifs is 2. The number of aryl methyl sites for hydroxylation is 3. The highest BCUT2D eigenvalue weighted by Crippen LogP contribution is 2.40. The van der Waals surface area contributed by atoms with Crippen molar-refractivity contribution in [2.75, 3.05) is 44.3 Å². The van der Waals surface area contributed by atoms with Crippen LogP contribution in [0, 0.1) is 6.92 Å². The largest absolute Gasteiger partial charge is 0.422 e. The van der Waals surface area contributed by atoms with Gasteiger partial charge in [0.1, 0.15) is 25.2 Å². The Morgan fingerprint density at radius 1 is 1.15 bits per heavy atom. The number of hydrogen-bond acceptors (Lipinski definition) is 4. The Hall–Kier alpha value is -1.85. The zero-order valence-electron chi connectivity index (χ0n) is 15.5. The second-order valence-electron chi connectivity index (χ2n) is 7.97.